The molecular weight excluding hydrogens is 170 g/mol. The molecule has 0 aliphatic heterocycles. The zero-order valence-electron chi connectivity index (χ0n) is 5.78. The van der Waals surface area contributed by atoms with E-state index in [-0.39, 0.29) is 17.9 Å². The minimum absolute atomic E-state index is 0.0718. The predicted octanol–water partition coefficient (Wildman–Crippen LogP) is 2.75. The Kier molecular flexibility index (Phi) is 2.83. The lowest BCUT2D eigenvalue weighted by molar-refractivity contribution is 0.559. The fraction of sp³-hybridized carbons (Fsp3) is 0.250. The summed E-state index contributed by atoms with van der Waals surface area (Å²) in [5.41, 5.74) is 0.0718. The van der Waals surface area contributed by atoms with Gasteiger partial charge in [-0.25, -0.2) is 8.78 Å². The van der Waals surface area contributed by atoms with Gasteiger partial charge < -0.3 is 0 Å². The Labute approximate surface area is 68.8 Å². The van der Waals surface area contributed by atoms with Gasteiger partial charge in [-0.2, -0.15) is 0 Å². The van der Waals surface area contributed by atoms with Crippen molar-refractivity contribution in [3.8, 4) is 0 Å². The zero-order valence-corrected chi connectivity index (χ0v) is 6.54. The summed E-state index contributed by atoms with van der Waals surface area (Å²) in [7, 11) is 0. The van der Waals surface area contributed by atoms with Crippen molar-refractivity contribution < 1.29 is 8.78 Å². The maximum absolute atomic E-state index is 12.7. The summed E-state index contributed by atoms with van der Waals surface area (Å²) in [6.45, 7) is 0. The Bertz CT molecular complexity index is 228. The number of alkyl halides is 1. The Morgan fingerprint density at radius 2 is 1.73 bits per heavy atom. The van der Waals surface area contributed by atoms with Gasteiger partial charge in [-0.05, 0) is 18.6 Å². The molecule has 0 bridgehead atoms. The first kappa shape index (κ1) is 8.47. The van der Waals surface area contributed by atoms with E-state index in [2.05, 4.69) is 0 Å². The normalized spacial score (nSPS) is 10.1. The molecule has 0 fully saturated rings. The van der Waals surface area contributed by atoms with E-state index in [1.807, 2.05) is 0 Å². The lowest BCUT2D eigenvalue weighted by atomic mass is 10.1. The van der Waals surface area contributed by atoms with E-state index in [0.29, 0.717) is 0 Å². The number of rotatable bonds is 2. The van der Waals surface area contributed by atoms with Crippen LogP contribution < -0.4 is 0 Å². The highest BCUT2D eigenvalue weighted by Gasteiger charge is 2.05. The molecule has 0 saturated carbocycles. The molecule has 0 spiro atoms. The molecule has 0 heterocycles. The lowest BCUT2D eigenvalue weighted by Gasteiger charge is -2.00. The molecular formula is C8H7ClF2. The highest BCUT2D eigenvalue weighted by Crippen LogP contribution is 2.12. The molecule has 0 amide bonds. The van der Waals surface area contributed by atoms with Crippen LogP contribution >= 0.6 is 11.6 Å². The van der Waals surface area contributed by atoms with Crippen molar-refractivity contribution in [2.24, 2.45) is 0 Å². The first-order valence-corrected chi connectivity index (χ1v) is 3.78. The van der Waals surface area contributed by atoms with Crippen LogP contribution in [0.15, 0.2) is 18.2 Å². The second-order valence-electron chi connectivity index (χ2n) is 2.14. The molecule has 11 heavy (non-hydrogen) atoms. The maximum atomic E-state index is 12.7. The zero-order chi connectivity index (χ0) is 8.27. The molecule has 1 aromatic rings. The van der Waals surface area contributed by atoms with Crippen LogP contribution in [0.2, 0.25) is 0 Å². The minimum atomic E-state index is -0.523. The summed E-state index contributed by atoms with van der Waals surface area (Å²) >= 11 is 5.35. The average Bonchev–Trinajstić information content (AvgIpc) is 1.97. The molecule has 0 aliphatic carbocycles. The number of hydrogen-bond donors (Lipinski definition) is 0. The van der Waals surface area contributed by atoms with Gasteiger partial charge in [0.25, 0.3) is 0 Å². The number of hydrogen-bond acceptors (Lipinski definition) is 0. The second kappa shape index (κ2) is 3.67. The highest BCUT2D eigenvalue weighted by atomic mass is 35.5. The van der Waals surface area contributed by atoms with Crippen molar-refractivity contribution in [2.75, 3.05) is 5.88 Å². The van der Waals surface area contributed by atoms with Gasteiger partial charge >= 0.3 is 0 Å². The molecule has 1 rings (SSSR count). The highest BCUT2D eigenvalue weighted by molar-refractivity contribution is 6.17. The predicted molar refractivity (Wildman–Crippen MR) is 40.8 cm³/mol. The van der Waals surface area contributed by atoms with Gasteiger partial charge in [-0.15, -0.1) is 11.6 Å². The summed E-state index contributed by atoms with van der Waals surface area (Å²) < 4.78 is 25.5. The quantitative estimate of drug-likeness (QED) is 0.608. The third kappa shape index (κ3) is 1.90. The molecule has 0 nitrogen and oxygen atoms in total. The van der Waals surface area contributed by atoms with Crippen LogP contribution in [0.3, 0.4) is 0 Å². The van der Waals surface area contributed by atoms with Crippen molar-refractivity contribution in [2.45, 2.75) is 6.42 Å². The molecule has 0 aromatic heterocycles. The molecule has 0 atom stereocenters. The molecule has 0 unspecified atom stereocenters. The summed E-state index contributed by atoms with van der Waals surface area (Å²) in [6.07, 6.45) is 0.236. The van der Waals surface area contributed by atoms with Crippen molar-refractivity contribution in [3.63, 3.8) is 0 Å². The largest absolute Gasteiger partial charge is 0.207 e. The van der Waals surface area contributed by atoms with E-state index in [0.717, 1.165) is 0 Å². The Balaban J connectivity index is 3.00. The van der Waals surface area contributed by atoms with Gasteiger partial charge in [0.1, 0.15) is 11.6 Å². The van der Waals surface area contributed by atoms with Crippen molar-refractivity contribution in [1.29, 1.82) is 0 Å². The molecule has 0 N–H and O–H groups in total. The van der Waals surface area contributed by atoms with Gasteiger partial charge in [0.05, 0.1) is 0 Å². The SMILES string of the molecule is Fc1cccc(F)c1CCCl. The average molecular weight is 177 g/mol. The third-order valence-corrected chi connectivity index (χ3v) is 1.60. The van der Waals surface area contributed by atoms with Crippen LogP contribution in [0.25, 0.3) is 0 Å². The summed E-state index contributed by atoms with van der Waals surface area (Å²) in [4.78, 5) is 0. The van der Waals surface area contributed by atoms with E-state index in [1.54, 1.807) is 0 Å². The first-order chi connectivity index (χ1) is 5.25. The maximum Gasteiger partial charge on any atom is 0.129 e. The van der Waals surface area contributed by atoms with Crippen molar-refractivity contribution in [1.82, 2.24) is 0 Å². The van der Waals surface area contributed by atoms with Gasteiger partial charge in [0.15, 0.2) is 0 Å². The Morgan fingerprint density at radius 1 is 1.18 bits per heavy atom. The lowest BCUT2D eigenvalue weighted by Crippen LogP contribution is -1.95. The Morgan fingerprint density at radius 3 is 2.18 bits per heavy atom. The van der Waals surface area contributed by atoms with Gasteiger partial charge in [-0.1, -0.05) is 6.07 Å². The molecule has 60 valence electrons. The Hall–Kier alpha value is -0.630. The van der Waals surface area contributed by atoms with E-state index >= 15 is 0 Å². The molecule has 0 radical (unpaired) electrons. The van der Waals surface area contributed by atoms with Crippen LogP contribution in [0.1, 0.15) is 5.56 Å². The summed E-state index contributed by atoms with van der Waals surface area (Å²) in [5, 5.41) is 0. The van der Waals surface area contributed by atoms with Crippen molar-refractivity contribution in [3.05, 3.63) is 35.4 Å². The van der Waals surface area contributed by atoms with Crippen LogP contribution in [-0.2, 0) is 6.42 Å². The molecule has 0 aliphatic rings. The topological polar surface area (TPSA) is 0 Å². The van der Waals surface area contributed by atoms with E-state index in [4.69, 9.17) is 11.6 Å². The van der Waals surface area contributed by atoms with Crippen LogP contribution in [0.4, 0.5) is 8.78 Å². The minimum Gasteiger partial charge on any atom is -0.207 e. The summed E-state index contributed by atoms with van der Waals surface area (Å²) in [6, 6.07) is 3.79. The van der Waals surface area contributed by atoms with Crippen LogP contribution in [0.5, 0.6) is 0 Å². The standard InChI is InChI=1S/C8H7ClF2/c9-5-4-6-7(10)2-1-3-8(6)11/h1-3H,4-5H2. The number of halogens is 3. The smallest absolute Gasteiger partial charge is 0.129 e. The van der Waals surface area contributed by atoms with Gasteiger partial charge in [0, 0.05) is 11.4 Å². The molecule has 3 heteroatoms. The second-order valence-corrected chi connectivity index (χ2v) is 2.52. The van der Waals surface area contributed by atoms with E-state index in [9.17, 15) is 8.78 Å². The monoisotopic (exact) mass is 176 g/mol. The number of benzene rings is 1. The van der Waals surface area contributed by atoms with E-state index in [1.165, 1.54) is 18.2 Å². The summed E-state index contributed by atoms with van der Waals surface area (Å²) in [5.74, 6) is -0.811. The van der Waals surface area contributed by atoms with Gasteiger partial charge in [0.2, 0.25) is 0 Å². The fourth-order valence-corrected chi connectivity index (χ4v) is 1.05. The third-order valence-electron chi connectivity index (χ3n) is 1.41. The van der Waals surface area contributed by atoms with Crippen LogP contribution in [-0.4, -0.2) is 5.88 Å². The van der Waals surface area contributed by atoms with Crippen molar-refractivity contribution >= 4 is 11.6 Å². The molecule has 0 saturated heterocycles. The fourth-order valence-electron chi connectivity index (χ4n) is 0.866. The van der Waals surface area contributed by atoms with E-state index < -0.39 is 11.6 Å². The first-order valence-electron chi connectivity index (χ1n) is 3.24. The molecule has 1 aromatic carbocycles. The van der Waals surface area contributed by atoms with Crippen LogP contribution in [0, 0.1) is 11.6 Å². The van der Waals surface area contributed by atoms with Gasteiger partial charge in [-0.3, -0.25) is 0 Å².